The molecule has 0 bridgehead atoms. The molecule has 0 saturated heterocycles. The van der Waals surface area contributed by atoms with Crippen LogP contribution in [0.1, 0.15) is 12.7 Å². The highest BCUT2D eigenvalue weighted by Gasteiger charge is 2.08. The lowest BCUT2D eigenvalue weighted by atomic mass is 10.2. The van der Waals surface area contributed by atoms with E-state index < -0.39 is 0 Å². The van der Waals surface area contributed by atoms with Gasteiger partial charge in [0.1, 0.15) is 0 Å². The molecule has 5 nitrogen and oxygen atoms in total. The highest BCUT2D eigenvalue weighted by molar-refractivity contribution is 5.58. The second-order valence-corrected chi connectivity index (χ2v) is 3.79. The van der Waals surface area contributed by atoms with Gasteiger partial charge in [0.25, 0.3) is 5.89 Å². The third-order valence-corrected chi connectivity index (χ3v) is 2.56. The molecule has 0 radical (unpaired) electrons. The first kappa shape index (κ1) is 12.6. The van der Waals surface area contributed by atoms with E-state index in [9.17, 15) is 0 Å². The Hall–Kier alpha value is -1.88. The second kappa shape index (κ2) is 6.16. The number of benzene rings is 1. The van der Waals surface area contributed by atoms with Gasteiger partial charge in [-0.15, -0.1) is 0 Å². The van der Waals surface area contributed by atoms with Gasteiger partial charge in [-0.1, -0.05) is 5.16 Å². The van der Waals surface area contributed by atoms with Gasteiger partial charge in [0.15, 0.2) is 5.82 Å². The molecule has 96 valence electrons. The molecule has 2 rings (SSSR count). The molecule has 0 saturated carbocycles. The van der Waals surface area contributed by atoms with E-state index in [-0.39, 0.29) is 0 Å². The van der Waals surface area contributed by atoms with Crippen LogP contribution in [-0.2, 0) is 11.2 Å². The van der Waals surface area contributed by atoms with Crippen LogP contribution in [0.4, 0.5) is 5.69 Å². The fourth-order valence-corrected chi connectivity index (χ4v) is 1.56. The molecule has 0 fully saturated rings. The summed E-state index contributed by atoms with van der Waals surface area (Å²) in [4.78, 5) is 4.33. The summed E-state index contributed by atoms with van der Waals surface area (Å²) in [7, 11) is 1.88. The van der Waals surface area contributed by atoms with Crippen molar-refractivity contribution in [2.45, 2.75) is 13.3 Å². The Morgan fingerprint density at radius 2 is 2.06 bits per heavy atom. The minimum atomic E-state index is 0.546. The lowest BCUT2D eigenvalue weighted by Gasteiger charge is -1.99. The molecule has 1 heterocycles. The summed E-state index contributed by atoms with van der Waals surface area (Å²) in [5, 5.41) is 6.99. The predicted molar refractivity (Wildman–Crippen MR) is 69.5 cm³/mol. The van der Waals surface area contributed by atoms with Gasteiger partial charge >= 0.3 is 0 Å². The van der Waals surface area contributed by atoms with Crippen molar-refractivity contribution in [2.24, 2.45) is 0 Å². The Morgan fingerprint density at radius 3 is 2.72 bits per heavy atom. The zero-order chi connectivity index (χ0) is 12.8. The van der Waals surface area contributed by atoms with E-state index in [1.54, 1.807) is 0 Å². The maximum atomic E-state index is 5.25. The molecule has 1 N–H and O–H groups in total. The first-order valence-corrected chi connectivity index (χ1v) is 6.02. The topological polar surface area (TPSA) is 60.2 Å². The summed E-state index contributed by atoms with van der Waals surface area (Å²) in [6.45, 7) is 3.29. The fourth-order valence-electron chi connectivity index (χ4n) is 1.56. The molecule has 0 spiro atoms. The van der Waals surface area contributed by atoms with Gasteiger partial charge in [0.2, 0.25) is 0 Å². The van der Waals surface area contributed by atoms with Gasteiger partial charge in [-0.2, -0.15) is 4.98 Å². The lowest BCUT2D eigenvalue weighted by molar-refractivity contribution is 0.149. The van der Waals surface area contributed by atoms with Crippen LogP contribution in [0, 0.1) is 0 Å². The summed E-state index contributed by atoms with van der Waals surface area (Å²) in [5.41, 5.74) is 1.97. The lowest BCUT2D eigenvalue weighted by Crippen LogP contribution is -1.99. The summed E-state index contributed by atoms with van der Waals surface area (Å²) < 4.78 is 10.5. The molecule has 1 aromatic carbocycles. The van der Waals surface area contributed by atoms with Crippen LogP contribution in [0.2, 0.25) is 0 Å². The summed E-state index contributed by atoms with van der Waals surface area (Å²) in [6.07, 6.45) is 0.673. The van der Waals surface area contributed by atoms with E-state index in [1.165, 1.54) is 0 Å². The SMILES string of the molecule is CCOCCc1noc(-c2ccc(NC)cc2)n1. The van der Waals surface area contributed by atoms with Crippen LogP contribution in [0.25, 0.3) is 11.5 Å². The predicted octanol–water partition coefficient (Wildman–Crippen LogP) is 2.36. The molecule has 5 heteroatoms. The van der Waals surface area contributed by atoms with Crippen LogP contribution in [0.15, 0.2) is 28.8 Å². The molecule has 0 atom stereocenters. The van der Waals surface area contributed by atoms with Crippen LogP contribution in [0.5, 0.6) is 0 Å². The molecule has 0 amide bonds. The number of nitrogens with zero attached hydrogens (tertiary/aromatic N) is 2. The average molecular weight is 247 g/mol. The van der Waals surface area contributed by atoms with Gasteiger partial charge in [-0.3, -0.25) is 0 Å². The minimum Gasteiger partial charge on any atom is -0.388 e. The number of hydrogen-bond donors (Lipinski definition) is 1. The maximum Gasteiger partial charge on any atom is 0.257 e. The third kappa shape index (κ3) is 3.07. The Kier molecular flexibility index (Phi) is 4.30. The quantitative estimate of drug-likeness (QED) is 0.794. The Morgan fingerprint density at radius 1 is 1.28 bits per heavy atom. The molecular formula is C13H17N3O2. The molecule has 2 aromatic rings. The fraction of sp³-hybridized carbons (Fsp3) is 0.385. The van der Waals surface area contributed by atoms with Gasteiger partial charge in [-0.05, 0) is 31.2 Å². The Balaban J connectivity index is 2.04. The van der Waals surface area contributed by atoms with Crippen molar-refractivity contribution in [2.75, 3.05) is 25.6 Å². The summed E-state index contributed by atoms with van der Waals surface area (Å²) in [5.74, 6) is 1.22. The monoisotopic (exact) mass is 247 g/mol. The van der Waals surface area contributed by atoms with Gasteiger partial charge < -0.3 is 14.6 Å². The smallest absolute Gasteiger partial charge is 0.257 e. The van der Waals surface area contributed by atoms with E-state index in [0.717, 1.165) is 11.3 Å². The number of ether oxygens (including phenoxy) is 1. The molecule has 0 unspecified atom stereocenters. The van der Waals surface area contributed by atoms with E-state index in [0.29, 0.717) is 31.3 Å². The highest BCUT2D eigenvalue weighted by atomic mass is 16.5. The minimum absolute atomic E-state index is 0.546. The van der Waals surface area contributed by atoms with Crippen molar-refractivity contribution >= 4 is 5.69 Å². The average Bonchev–Trinajstić information content (AvgIpc) is 2.88. The first-order chi connectivity index (χ1) is 8.83. The zero-order valence-corrected chi connectivity index (χ0v) is 10.6. The van der Waals surface area contributed by atoms with Crippen molar-refractivity contribution in [1.82, 2.24) is 10.1 Å². The molecule has 1 aromatic heterocycles. The van der Waals surface area contributed by atoms with Crippen LogP contribution >= 0.6 is 0 Å². The van der Waals surface area contributed by atoms with E-state index >= 15 is 0 Å². The van der Waals surface area contributed by atoms with Crippen LogP contribution in [0.3, 0.4) is 0 Å². The summed E-state index contributed by atoms with van der Waals surface area (Å²) >= 11 is 0. The van der Waals surface area contributed by atoms with Crippen molar-refractivity contribution in [3.05, 3.63) is 30.1 Å². The van der Waals surface area contributed by atoms with Crippen molar-refractivity contribution in [1.29, 1.82) is 0 Å². The number of aromatic nitrogens is 2. The van der Waals surface area contributed by atoms with Crippen molar-refractivity contribution in [3.63, 3.8) is 0 Å². The van der Waals surface area contributed by atoms with Crippen molar-refractivity contribution in [3.8, 4) is 11.5 Å². The van der Waals surface area contributed by atoms with Crippen LogP contribution in [-0.4, -0.2) is 30.4 Å². The molecule has 18 heavy (non-hydrogen) atoms. The maximum absolute atomic E-state index is 5.25. The Labute approximate surface area is 106 Å². The standard InChI is InChI=1S/C13H17N3O2/c1-3-17-9-8-12-15-13(18-16-12)10-4-6-11(14-2)7-5-10/h4-7,14H,3,8-9H2,1-2H3. The van der Waals surface area contributed by atoms with Gasteiger partial charge in [-0.25, -0.2) is 0 Å². The van der Waals surface area contributed by atoms with E-state index in [2.05, 4.69) is 15.5 Å². The van der Waals surface area contributed by atoms with Gasteiger partial charge in [0, 0.05) is 31.3 Å². The van der Waals surface area contributed by atoms with Gasteiger partial charge in [0.05, 0.1) is 6.61 Å². The normalized spacial score (nSPS) is 10.6. The van der Waals surface area contributed by atoms with E-state index in [4.69, 9.17) is 9.26 Å². The van der Waals surface area contributed by atoms with Crippen molar-refractivity contribution < 1.29 is 9.26 Å². The number of rotatable bonds is 6. The first-order valence-electron chi connectivity index (χ1n) is 6.02. The van der Waals surface area contributed by atoms with Crippen LogP contribution < -0.4 is 5.32 Å². The molecule has 0 aliphatic heterocycles. The number of anilines is 1. The highest BCUT2D eigenvalue weighted by Crippen LogP contribution is 2.19. The molecule has 0 aliphatic carbocycles. The third-order valence-electron chi connectivity index (χ3n) is 2.56. The second-order valence-electron chi connectivity index (χ2n) is 3.79. The molecule has 0 aliphatic rings. The number of hydrogen-bond acceptors (Lipinski definition) is 5. The summed E-state index contributed by atoms with van der Waals surface area (Å²) in [6, 6.07) is 7.84. The Bertz CT molecular complexity index is 479. The largest absolute Gasteiger partial charge is 0.388 e. The van der Waals surface area contributed by atoms with E-state index in [1.807, 2.05) is 38.2 Å². The molecular weight excluding hydrogens is 230 g/mol. The zero-order valence-electron chi connectivity index (χ0n) is 10.6. The number of nitrogens with one attached hydrogen (secondary N) is 1.